The number of hydrogen-bond donors (Lipinski definition) is 1. The molecule has 1 rings (SSSR count). The van der Waals surface area contributed by atoms with Crippen molar-refractivity contribution in [3.63, 3.8) is 0 Å². The first kappa shape index (κ1) is 15.8. The second kappa shape index (κ2) is 5.80. The lowest BCUT2D eigenvalue weighted by molar-refractivity contribution is -0.143. The maximum absolute atomic E-state index is 12.0. The lowest BCUT2D eigenvalue weighted by Crippen LogP contribution is -2.48. The number of hydrogen-bond acceptors (Lipinski definition) is 3. The summed E-state index contributed by atoms with van der Waals surface area (Å²) < 4.78 is 5.36. The van der Waals surface area contributed by atoms with Crippen molar-refractivity contribution in [3.05, 3.63) is 0 Å². The van der Waals surface area contributed by atoms with E-state index in [9.17, 15) is 9.59 Å². The number of nitrogens with zero attached hydrogens (tertiary/aromatic N) is 1. The molecule has 1 saturated heterocycles. The van der Waals surface area contributed by atoms with Crippen molar-refractivity contribution in [2.45, 2.75) is 59.1 Å². The highest BCUT2D eigenvalue weighted by atomic mass is 16.6. The van der Waals surface area contributed by atoms with Crippen LogP contribution in [0.5, 0.6) is 0 Å². The van der Waals surface area contributed by atoms with Gasteiger partial charge in [0.25, 0.3) is 0 Å². The van der Waals surface area contributed by atoms with Crippen molar-refractivity contribution in [2.75, 3.05) is 6.54 Å². The Balaban J connectivity index is 2.60. The lowest BCUT2D eigenvalue weighted by Gasteiger charge is -2.39. The molecule has 0 aromatic carbocycles. The van der Waals surface area contributed by atoms with Crippen LogP contribution in [0.15, 0.2) is 0 Å². The summed E-state index contributed by atoms with van der Waals surface area (Å²) in [5.41, 5.74) is -0.498. The number of rotatable bonds is 2. The van der Waals surface area contributed by atoms with Gasteiger partial charge in [0.1, 0.15) is 5.60 Å². The quantitative estimate of drug-likeness (QED) is 0.838. The van der Waals surface area contributed by atoms with Crippen LogP contribution in [0.25, 0.3) is 0 Å². The molecule has 19 heavy (non-hydrogen) atoms. The van der Waals surface area contributed by atoms with Crippen LogP contribution in [0.4, 0.5) is 4.79 Å². The first-order valence-electron chi connectivity index (χ1n) is 6.84. The fraction of sp³-hybridized carbons (Fsp3) is 0.857. The molecule has 1 heterocycles. The van der Waals surface area contributed by atoms with Crippen LogP contribution < -0.4 is 0 Å². The van der Waals surface area contributed by atoms with Crippen LogP contribution in [0.2, 0.25) is 0 Å². The molecular formula is C14H25NO4. The van der Waals surface area contributed by atoms with Crippen molar-refractivity contribution in [1.29, 1.82) is 0 Å². The molecule has 5 heteroatoms. The molecule has 110 valence electrons. The standard InChI is InChI=1S/C14H25NO4/c1-9-8-11(10(2)12(16)17)6-7-15(9)13(18)19-14(3,4)5/h9-11H,6-8H2,1-5H3,(H,16,17)/t9-,10+,11+/m0/s1. The number of aliphatic carboxylic acids is 1. The number of carboxylic acid groups (broad SMARTS) is 1. The van der Waals surface area contributed by atoms with E-state index in [0.717, 1.165) is 6.42 Å². The van der Waals surface area contributed by atoms with Crippen LogP contribution in [-0.4, -0.2) is 40.3 Å². The Hall–Kier alpha value is -1.26. The third-order valence-corrected chi connectivity index (χ3v) is 3.64. The van der Waals surface area contributed by atoms with E-state index in [1.54, 1.807) is 11.8 Å². The number of likely N-dealkylation sites (tertiary alicyclic amines) is 1. The fourth-order valence-corrected chi connectivity index (χ4v) is 2.46. The molecule has 0 aliphatic carbocycles. The van der Waals surface area contributed by atoms with Gasteiger partial charge in [-0.3, -0.25) is 4.79 Å². The predicted molar refractivity (Wildman–Crippen MR) is 71.9 cm³/mol. The summed E-state index contributed by atoms with van der Waals surface area (Å²) in [7, 11) is 0. The first-order chi connectivity index (χ1) is 8.61. The van der Waals surface area contributed by atoms with E-state index in [-0.39, 0.29) is 24.0 Å². The summed E-state index contributed by atoms with van der Waals surface area (Å²) >= 11 is 0. The molecule has 3 atom stereocenters. The summed E-state index contributed by atoms with van der Waals surface area (Å²) in [6.07, 6.45) is 1.13. The van der Waals surface area contributed by atoms with Crippen LogP contribution in [-0.2, 0) is 9.53 Å². The van der Waals surface area contributed by atoms with Gasteiger partial charge in [-0.15, -0.1) is 0 Å². The molecule has 0 bridgehead atoms. The predicted octanol–water partition coefficient (Wildman–Crippen LogP) is 2.74. The maximum atomic E-state index is 12.0. The maximum Gasteiger partial charge on any atom is 0.410 e. The minimum atomic E-state index is -0.761. The summed E-state index contributed by atoms with van der Waals surface area (Å²) in [5.74, 6) is -0.989. The molecule has 1 aliphatic rings. The Labute approximate surface area is 114 Å². The van der Waals surface area contributed by atoms with Gasteiger partial charge in [-0.2, -0.15) is 0 Å². The van der Waals surface area contributed by atoms with Gasteiger partial charge in [0.15, 0.2) is 0 Å². The number of carboxylic acids is 1. The van der Waals surface area contributed by atoms with Gasteiger partial charge < -0.3 is 14.7 Å². The molecule has 5 nitrogen and oxygen atoms in total. The van der Waals surface area contributed by atoms with E-state index in [1.165, 1.54) is 0 Å². The van der Waals surface area contributed by atoms with Crippen molar-refractivity contribution in [2.24, 2.45) is 11.8 Å². The molecule has 1 N–H and O–H groups in total. The second-order valence-electron chi connectivity index (χ2n) is 6.43. The minimum absolute atomic E-state index is 0.0235. The van der Waals surface area contributed by atoms with Gasteiger partial charge >= 0.3 is 12.1 Å². The average molecular weight is 271 g/mol. The molecule has 0 aromatic heterocycles. The fourth-order valence-electron chi connectivity index (χ4n) is 2.46. The van der Waals surface area contributed by atoms with E-state index < -0.39 is 11.6 Å². The Morgan fingerprint density at radius 2 is 1.95 bits per heavy atom. The summed E-state index contributed by atoms with van der Waals surface area (Å²) in [6.45, 7) is 9.78. The van der Waals surface area contributed by atoms with Gasteiger partial charge in [-0.05, 0) is 46.5 Å². The largest absolute Gasteiger partial charge is 0.481 e. The summed E-state index contributed by atoms with van der Waals surface area (Å²) in [5, 5.41) is 9.04. The Bertz CT molecular complexity index is 348. The Morgan fingerprint density at radius 3 is 2.37 bits per heavy atom. The lowest BCUT2D eigenvalue weighted by atomic mass is 9.82. The molecule has 0 saturated carbocycles. The van der Waals surface area contributed by atoms with Gasteiger partial charge in [0, 0.05) is 12.6 Å². The summed E-state index contributed by atoms with van der Waals surface area (Å²) in [4.78, 5) is 24.7. The molecule has 0 aromatic rings. The number of piperidine rings is 1. The molecule has 1 fully saturated rings. The highest BCUT2D eigenvalue weighted by molar-refractivity contribution is 5.70. The molecule has 1 aliphatic heterocycles. The van der Waals surface area contributed by atoms with Crippen LogP contribution in [0.1, 0.15) is 47.5 Å². The molecule has 0 unspecified atom stereocenters. The van der Waals surface area contributed by atoms with E-state index in [1.807, 2.05) is 27.7 Å². The average Bonchev–Trinajstić information content (AvgIpc) is 2.25. The molecule has 0 spiro atoms. The van der Waals surface area contributed by atoms with Gasteiger partial charge in [-0.1, -0.05) is 6.92 Å². The third kappa shape index (κ3) is 4.40. The number of carbonyl (C=O) groups excluding carboxylic acids is 1. The zero-order valence-corrected chi connectivity index (χ0v) is 12.5. The van der Waals surface area contributed by atoms with E-state index in [2.05, 4.69) is 0 Å². The second-order valence-corrected chi connectivity index (χ2v) is 6.43. The van der Waals surface area contributed by atoms with E-state index >= 15 is 0 Å². The van der Waals surface area contributed by atoms with Crippen LogP contribution >= 0.6 is 0 Å². The van der Waals surface area contributed by atoms with Gasteiger partial charge in [-0.25, -0.2) is 4.79 Å². The van der Waals surface area contributed by atoms with Crippen molar-refractivity contribution in [3.8, 4) is 0 Å². The third-order valence-electron chi connectivity index (χ3n) is 3.64. The molecule has 1 amide bonds. The van der Waals surface area contributed by atoms with Crippen molar-refractivity contribution >= 4 is 12.1 Å². The van der Waals surface area contributed by atoms with Crippen molar-refractivity contribution < 1.29 is 19.4 Å². The van der Waals surface area contributed by atoms with Gasteiger partial charge in [0.2, 0.25) is 0 Å². The number of carbonyl (C=O) groups is 2. The Morgan fingerprint density at radius 1 is 1.37 bits per heavy atom. The first-order valence-corrected chi connectivity index (χ1v) is 6.84. The summed E-state index contributed by atoms with van der Waals surface area (Å²) in [6, 6.07) is 0.0235. The molecular weight excluding hydrogens is 246 g/mol. The molecule has 0 radical (unpaired) electrons. The monoisotopic (exact) mass is 271 g/mol. The van der Waals surface area contributed by atoms with E-state index in [4.69, 9.17) is 9.84 Å². The van der Waals surface area contributed by atoms with Crippen LogP contribution in [0.3, 0.4) is 0 Å². The highest BCUT2D eigenvalue weighted by Gasteiger charge is 2.35. The number of ether oxygens (including phenoxy) is 1. The topological polar surface area (TPSA) is 66.8 Å². The Kier molecular flexibility index (Phi) is 4.82. The van der Waals surface area contributed by atoms with E-state index in [0.29, 0.717) is 13.0 Å². The van der Waals surface area contributed by atoms with Crippen LogP contribution in [0, 0.1) is 11.8 Å². The SMILES string of the molecule is C[C@@H](C(=O)O)[C@@H]1CCN(C(=O)OC(C)(C)C)[C@@H](C)C1. The minimum Gasteiger partial charge on any atom is -0.481 e. The normalized spacial score (nSPS) is 25.8. The van der Waals surface area contributed by atoms with Crippen molar-refractivity contribution in [1.82, 2.24) is 4.90 Å². The van der Waals surface area contributed by atoms with Gasteiger partial charge in [0.05, 0.1) is 5.92 Å². The zero-order valence-electron chi connectivity index (χ0n) is 12.5. The smallest absolute Gasteiger partial charge is 0.410 e. The zero-order chi connectivity index (χ0) is 14.8. The number of amides is 1. The highest BCUT2D eigenvalue weighted by Crippen LogP contribution is 2.29.